The molecular formula is C19H22N2O5. The van der Waals surface area contributed by atoms with E-state index >= 15 is 0 Å². The lowest BCUT2D eigenvalue weighted by Crippen LogP contribution is -2.16. The summed E-state index contributed by atoms with van der Waals surface area (Å²) < 4.78 is 15.8. The largest absolute Gasteiger partial charge is 0.497 e. The molecule has 0 unspecified atom stereocenters. The van der Waals surface area contributed by atoms with Crippen molar-refractivity contribution >= 4 is 17.8 Å². The maximum absolute atomic E-state index is 11.8. The number of rotatable bonds is 9. The Balaban J connectivity index is 1.83. The van der Waals surface area contributed by atoms with Gasteiger partial charge >= 0.3 is 0 Å². The number of hydrogen-bond acceptors (Lipinski definition) is 6. The number of oxime groups is 1. The van der Waals surface area contributed by atoms with E-state index in [9.17, 15) is 4.79 Å². The maximum atomic E-state index is 11.8. The molecule has 0 heterocycles. The lowest BCUT2D eigenvalue weighted by atomic mass is 10.2. The van der Waals surface area contributed by atoms with E-state index in [4.69, 9.17) is 19.0 Å². The summed E-state index contributed by atoms with van der Waals surface area (Å²) in [7, 11) is 3.15. The molecule has 0 aliphatic heterocycles. The van der Waals surface area contributed by atoms with Crippen molar-refractivity contribution < 1.29 is 23.8 Å². The fourth-order valence-corrected chi connectivity index (χ4v) is 2.10. The first-order chi connectivity index (χ1) is 12.7. The van der Waals surface area contributed by atoms with Gasteiger partial charge in [0.05, 0.1) is 27.0 Å². The van der Waals surface area contributed by atoms with E-state index in [1.807, 2.05) is 13.0 Å². The van der Waals surface area contributed by atoms with Gasteiger partial charge in [-0.05, 0) is 49.4 Å². The van der Waals surface area contributed by atoms with Crippen LogP contribution in [0.3, 0.4) is 0 Å². The smallest absolute Gasteiger partial charge is 0.265 e. The van der Waals surface area contributed by atoms with Crippen LogP contribution in [-0.2, 0) is 9.63 Å². The minimum Gasteiger partial charge on any atom is -0.497 e. The van der Waals surface area contributed by atoms with Gasteiger partial charge < -0.3 is 24.4 Å². The zero-order chi connectivity index (χ0) is 18.8. The average molecular weight is 358 g/mol. The number of amides is 1. The Labute approximate surface area is 152 Å². The molecule has 7 heteroatoms. The van der Waals surface area contributed by atoms with Crippen LogP contribution in [-0.4, -0.2) is 39.6 Å². The van der Waals surface area contributed by atoms with Crippen molar-refractivity contribution in [1.29, 1.82) is 0 Å². The number of carbonyl (C=O) groups is 1. The second kappa shape index (κ2) is 9.93. The summed E-state index contributed by atoms with van der Waals surface area (Å²) in [6.07, 6.45) is 1.50. The normalized spacial score (nSPS) is 10.4. The number of benzene rings is 2. The first-order valence-electron chi connectivity index (χ1n) is 8.06. The molecule has 0 radical (unpaired) electrons. The van der Waals surface area contributed by atoms with Crippen LogP contribution in [0.25, 0.3) is 0 Å². The molecule has 0 saturated carbocycles. The molecule has 0 bridgehead atoms. The van der Waals surface area contributed by atoms with Gasteiger partial charge in [-0.2, -0.15) is 0 Å². The van der Waals surface area contributed by atoms with Crippen molar-refractivity contribution in [3.63, 3.8) is 0 Å². The van der Waals surface area contributed by atoms with Gasteiger partial charge in [0.2, 0.25) is 0 Å². The molecule has 0 atom stereocenters. The number of methoxy groups -OCH3 is 2. The zero-order valence-corrected chi connectivity index (χ0v) is 15.0. The van der Waals surface area contributed by atoms with Crippen LogP contribution < -0.4 is 19.5 Å². The maximum Gasteiger partial charge on any atom is 0.265 e. The molecule has 0 aliphatic rings. The molecule has 0 aliphatic carbocycles. The topological polar surface area (TPSA) is 78.4 Å². The van der Waals surface area contributed by atoms with Gasteiger partial charge in [-0.15, -0.1) is 0 Å². The van der Waals surface area contributed by atoms with E-state index in [0.717, 1.165) is 11.3 Å². The molecule has 2 aromatic rings. The van der Waals surface area contributed by atoms with Gasteiger partial charge in [-0.3, -0.25) is 4.79 Å². The monoisotopic (exact) mass is 358 g/mol. The molecule has 7 nitrogen and oxygen atoms in total. The Morgan fingerprint density at radius 1 is 1.08 bits per heavy atom. The summed E-state index contributed by atoms with van der Waals surface area (Å²) in [6.45, 7) is 2.26. The second-order valence-corrected chi connectivity index (χ2v) is 5.13. The summed E-state index contributed by atoms with van der Waals surface area (Å²) >= 11 is 0. The Bertz CT molecular complexity index is 744. The summed E-state index contributed by atoms with van der Waals surface area (Å²) in [5.74, 6) is 1.67. The molecule has 0 fully saturated rings. The molecule has 0 saturated heterocycles. The summed E-state index contributed by atoms with van der Waals surface area (Å²) in [6, 6.07) is 12.4. The molecule has 2 rings (SSSR count). The fourth-order valence-electron chi connectivity index (χ4n) is 2.10. The SMILES string of the molecule is CCOc1ccc(/C=N\OCC(=O)Nc2ccc(OC)cc2)cc1OC. The van der Waals surface area contributed by atoms with Crippen LogP contribution in [0.15, 0.2) is 47.6 Å². The van der Waals surface area contributed by atoms with Gasteiger partial charge in [-0.25, -0.2) is 0 Å². The molecular weight excluding hydrogens is 336 g/mol. The third kappa shape index (κ3) is 5.70. The highest BCUT2D eigenvalue weighted by Gasteiger charge is 2.05. The van der Waals surface area contributed by atoms with Gasteiger partial charge in [-0.1, -0.05) is 5.16 Å². The number of nitrogens with one attached hydrogen (secondary N) is 1. The average Bonchev–Trinajstić information content (AvgIpc) is 2.67. The van der Waals surface area contributed by atoms with Crippen molar-refractivity contribution in [1.82, 2.24) is 0 Å². The molecule has 0 spiro atoms. The van der Waals surface area contributed by atoms with Gasteiger partial charge in [0, 0.05) is 11.3 Å². The lowest BCUT2D eigenvalue weighted by molar-refractivity contribution is -0.120. The quantitative estimate of drug-likeness (QED) is 0.550. The standard InChI is InChI=1S/C19H22N2O5/c1-4-25-17-10-5-14(11-18(17)24-3)12-20-26-13-19(22)21-15-6-8-16(23-2)9-7-15/h5-12H,4,13H2,1-3H3,(H,21,22)/b20-12-. The highest BCUT2D eigenvalue weighted by molar-refractivity contribution is 5.91. The summed E-state index contributed by atoms with van der Waals surface area (Å²) in [5.41, 5.74) is 1.42. The zero-order valence-electron chi connectivity index (χ0n) is 15.0. The predicted octanol–water partition coefficient (Wildman–Crippen LogP) is 3.09. The van der Waals surface area contributed by atoms with Crippen LogP contribution in [0.4, 0.5) is 5.69 Å². The first-order valence-corrected chi connectivity index (χ1v) is 8.06. The minimum absolute atomic E-state index is 0.198. The summed E-state index contributed by atoms with van der Waals surface area (Å²) in [5, 5.41) is 6.50. The highest BCUT2D eigenvalue weighted by Crippen LogP contribution is 2.27. The van der Waals surface area contributed by atoms with Crippen LogP contribution in [0, 0.1) is 0 Å². The lowest BCUT2D eigenvalue weighted by Gasteiger charge is -2.09. The second-order valence-electron chi connectivity index (χ2n) is 5.13. The number of ether oxygens (including phenoxy) is 3. The van der Waals surface area contributed by atoms with Gasteiger partial charge in [0.1, 0.15) is 5.75 Å². The summed E-state index contributed by atoms with van der Waals surface area (Å²) in [4.78, 5) is 16.8. The Morgan fingerprint density at radius 2 is 1.85 bits per heavy atom. The number of hydrogen-bond donors (Lipinski definition) is 1. The van der Waals surface area contributed by atoms with Crippen LogP contribution >= 0.6 is 0 Å². The molecule has 2 aromatic carbocycles. The Morgan fingerprint density at radius 3 is 2.50 bits per heavy atom. The number of anilines is 1. The third-order valence-electron chi connectivity index (χ3n) is 3.33. The van der Waals surface area contributed by atoms with E-state index in [1.54, 1.807) is 50.6 Å². The van der Waals surface area contributed by atoms with E-state index in [0.29, 0.717) is 23.8 Å². The molecule has 1 amide bonds. The van der Waals surface area contributed by atoms with E-state index in [-0.39, 0.29) is 12.5 Å². The predicted molar refractivity (Wildman–Crippen MR) is 99.3 cm³/mol. The van der Waals surface area contributed by atoms with Gasteiger partial charge in [0.25, 0.3) is 5.91 Å². The Kier molecular flexibility index (Phi) is 7.30. The third-order valence-corrected chi connectivity index (χ3v) is 3.33. The molecule has 138 valence electrons. The van der Waals surface area contributed by atoms with Crippen molar-refractivity contribution in [2.75, 3.05) is 32.8 Å². The highest BCUT2D eigenvalue weighted by atomic mass is 16.6. The minimum atomic E-state index is -0.309. The molecule has 26 heavy (non-hydrogen) atoms. The van der Waals surface area contributed by atoms with E-state index in [1.165, 1.54) is 6.21 Å². The van der Waals surface area contributed by atoms with Crippen molar-refractivity contribution in [2.45, 2.75) is 6.92 Å². The van der Waals surface area contributed by atoms with Crippen molar-refractivity contribution in [2.24, 2.45) is 5.16 Å². The van der Waals surface area contributed by atoms with E-state index in [2.05, 4.69) is 10.5 Å². The molecule has 1 N–H and O–H groups in total. The fraction of sp³-hybridized carbons (Fsp3) is 0.263. The van der Waals surface area contributed by atoms with Crippen LogP contribution in [0.1, 0.15) is 12.5 Å². The van der Waals surface area contributed by atoms with Crippen molar-refractivity contribution in [3.05, 3.63) is 48.0 Å². The molecule has 0 aromatic heterocycles. The Hall–Kier alpha value is -3.22. The number of carbonyl (C=O) groups excluding carboxylic acids is 1. The van der Waals surface area contributed by atoms with Crippen LogP contribution in [0.2, 0.25) is 0 Å². The van der Waals surface area contributed by atoms with Gasteiger partial charge in [0.15, 0.2) is 18.1 Å². The number of nitrogens with zero attached hydrogens (tertiary/aromatic N) is 1. The van der Waals surface area contributed by atoms with Crippen molar-refractivity contribution in [3.8, 4) is 17.2 Å². The van der Waals surface area contributed by atoms with Crippen LogP contribution in [0.5, 0.6) is 17.2 Å². The first kappa shape index (κ1) is 19.1. The van der Waals surface area contributed by atoms with E-state index < -0.39 is 0 Å².